The lowest BCUT2D eigenvalue weighted by Crippen LogP contribution is -2.26. The van der Waals surface area contributed by atoms with Crippen LogP contribution in [0.2, 0.25) is 0 Å². The van der Waals surface area contributed by atoms with Gasteiger partial charge in [-0.25, -0.2) is 0 Å². The molecule has 0 spiro atoms. The topological polar surface area (TPSA) is 29.5 Å². The first-order chi connectivity index (χ1) is 8.00. The summed E-state index contributed by atoms with van der Waals surface area (Å²) >= 11 is 0. The number of rotatable bonds is 6. The molecule has 17 heavy (non-hydrogen) atoms. The lowest BCUT2D eigenvalue weighted by molar-refractivity contribution is -0.000304. The fourth-order valence-corrected chi connectivity index (χ4v) is 3.75. The van der Waals surface area contributed by atoms with Gasteiger partial charge in [0.2, 0.25) is 0 Å². The Balaban J connectivity index is 1.69. The van der Waals surface area contributed by atoms with Crippen molar-refractivity contribution in [2.75, 3.05) is 7.11 Å². The van der Waals surface area contributed by atoms with E-state index in [0.29, 0.717) is 0 Å². The quantitative estimate of drug-likeness (QED) is 0.771. The van der Waals surface area contributed by atoms with Crippen molar-refractivity contribution < 1.29 is 9.84 Å². The minimum absolute atomic E-state index is 0.0876. The van der Waals surface area contributed by atoms with Crippen molar-refractivity contribution in [1.29, 1.82) is 0 Å². The molecule has 0 heterocycles. The summed E-state index contributed by atoms with van der Waals surface area (Å²) in [6.45, 7) is 4.19. The van der Waals surface area contributed by atoms with Gasteiger partial charge in [0.15, 0.2) is 0 Å². The fourth-order valence-electron chi connectivity index (χ4n) is 3.75. The largest absolute Gasteiger partial charge is 0.393 e. The molecule has 0 saturated heterocycles. The molecular weight excluding hydrogens is 212 g/mol. The Morgan fingerprint density at radius 3 is 2.59 bits per heavy atom. The minimum Gasteiger partial charge on any atom is -0.393 e. The summed E-state index contributed by atoms with van der Waals surface area (Å²) in [6.07, 6.45) is 8.45. The highest BCUT2D eigenvalue weighted by Gasteiger charge is 2.39. The SMILES string of the molecule is COC(C)(C)CCC(O)CC1CC2CCC1C2. The Kier molecular flexibility index (Phi) is 4.14. The van der Waals surface area contributed by atoms with Crippen LogP contribution in [-0.2, 0) is 4.74 Å². The molecule has 0 radical (unpaired) electrons. The molecule has 4 atom stereocenters. The molecule has 0 amide bonds. The van der Waals surface area contributed by atoms with Crippen molar-refractivity contribution in [2.24, 2.45) is 17.8 Å². The normalized spacial score (nSPS) is 34.2. The molecule has 2 saturated carbocycles. The van der Waals surface area contributed by atoms with Crippen LogP contribution in [0.4, 0.5) is 0 Å². The van der Waals surface area contributed by atoms with Crippen molar-refractivity contribution in [2.45, 2.75) is 70.5 Å². The van der Waals surface area contributed by atoms with Crippen LogP contribution in [0.15, 0.2) is 0 Å². The highest BCUT2D eigenvalue weighted by atomic mass is 16.5. The Morgan fingerprint density at radius 1 is 1.29 bits per heavy atom. The van der Waals surface area contributed by atoms with Gasteiger partial charge in [-0.2, -0.15) is 0 Å². The summed E-state index contributed by atoms with van der Waals surface area (Å²) in [5.41, 5.74) is -0.0876. The van der Waals surface area contributed by atoms with Crippen LogP contribution >= 0.6 is 0 Å². The molecule has 2 heteroatoms. The van der Waals surface area contributed by atoms with Crippen LogP contribution in [0.25, 0.3) is 0 Å². The maximum Gasteiger partial charge on any atom is 0.0623 e. The Labute approximate surface area is 106 Å². The number of hydrogen-bond acceptors (Lipinski definition) is 2. The number of ether oxygens (including phenoxy) is 1. The zero-order chi connectivity index (χ0) is 12.5. The van der Waals surface area contributed by atoms with Crippen molar-refractivity contribution >= 4 is 0 Å². The van der Waals surface area contributed by atoms with Gasteiger partial charge in [0.1, 0.15) is 0 Å². The number of fused-ring (bicyclic) bond motifs is 2. The molecule has 100 valence electrons. The first-order valence-corrected chi connectivity index (χ1v) is 7.23. The third kappa shape index (κ3) is 3.45. The Morgan fingerprint density at radius 2 is 2.06 bits per heavy atom. The third-order valence-corrected chi connectivity index (χ3v) is 5.09. The van der Waals surface area contributed by atoms with Crippen molar-refractivity contribution in [3.05, 3.63) is 0 Å². The molecule has 0 aromatic heterocycles. The molecule has 2 aliphatic carbocycles. The van der Waals surface area contributed by atoms with Gasteiger partial charge in [-0.15, -0.1) is 0 Å². The van der Waals surface area contributed by atoms with Gasteiger partial charge < -0.3 is 9.84 Å². The first-order valence-electron chi connectivity index (χ1n) is 7.23. The Hall–Kier alpha value is -0.0800. The van der Waals surface area contributed by atoms with Gasteiger partial charge in [-0.05, 0) is 70.1 Å². The van der Waals surface area contributed by atoms with Gasteiger partial charge in [0, 0.05) is 7.11 Å². The second-order valence-electron chi connectivity index (χ2n) is 6.83. The van der Waals surface area contributed by atoms with Gasteiger partial charge in [-0.3, -0.25) is 0 Å². The van der Waals surface area contributed by atoms with E-state index >= 15 is 0 Å². The fraction of sp³-hybridized carbons (Fsp3) is 1.00. The molecule has 0 aromatic carbocycles. The molecule has 2 bridgehead atoms. The lowest BCUT2D eigenvalue weighted by atomic mass is 9.83. The van der Waals surface area contributed by atoms with E-state index in [-0.39, 0.29) is 11.7 Å². The minimum atomic E-state index is -0.117. The maximum absolute atomic E-state index is 10.1. The summed E-state index contributed by atoms with van der Waals surface area (Å²) in [6, 6.07) is 0. The third-order valence-electron chi connectivity index (χ3n) is 5.09. The van der Waals surface area contributed by atoms with Gasteiger partial charge in [-0.1, -0.05) is 6.42 Å². The molecule has 1 N–H and O–H groups in total. The standard InChI is InChI=1S/C15H28O2/c1-15(2,17-3)7-6-14(16)10-13-9-11-4-5-12(13)8-11/h11-14,16H,4-10H2,1-3H3. The number of hydrogen-bond donors (Lipinski definition) is 1. The maximum atomic E-state index is 10.1. The van der Waals surface area contributed by atoms with Gasteiger partial charge in [0.05, 0.1) is 11.7 Å². The summed E-state index contributed by atoms with van der Waals surface area (Å²) in [5.74, 6) is 2.74. The van der Waals surface area contributed by atoms with E-state index in [1.807, 2.05) is 0 Å². The van der Waals surface area contributed by atoms with Gasteiger partial charge in [0.25, 0.3) is 0 Å². The molecular formula is C15H28O2. The van der Waals surface area contributed by atoms with Crippen molar-refractivity contribution in [1.82, 2.24) is 0 Å². The highest BCUT2D eigenvalue weighted by Crippen LogP contribution is 2.50. The van der Waals surface area contributed by atoms with Crippen molar-refractivity contribution in [3.8, 4) is 0 Å². The molecule has 0 aromatic rings. The molecule has 2 nitrogen and oxygen atoms in total. The average molecular weight is 240 g/mol. The van der Waals surface area contributed by atoms with Crippen LogP contribution < -0.4 is 0 Å². The lowest BCUT2D eigenvalue weighted by Gasteiger charge is -2.27. The molecule has 4 unspecified atom stereocenters. The van der Waals surface area contributed by atoms with E-state index in [1.165, 1.54) is 25.7 Å². The molecule has 2 fully saturated rings. The molecule has 0 aliphatic heterocycles. The summed E-state index contributed by atoms with van der Waals surface area (Å²) < 4.78 is 5.40. The van der Waals surface area contributed by atoms with Crippen LogP contribution in [0.3, 0.4) is 0 Å². The zero-order valence-electron chi connectivity index (χ0n) is 11.6. The smallest absolute Gasteiger partial charge is 0.0623 e. The monoisotopic (exact) mass is 240 g/mol. The van der Waals surface area contributed by atoms with E-state index in [1.54, 1.807) is 7.11 Å². The Bertz CT molecular complexity index is 249. The second kappa shape index (κ2) is 5.27. The van der Waals surface area contributed by atoms with E-state index in [0.717, 1.165) is 37.0 Å². The number of aliphatic hydroxyl groups excluding tert-OH is 1. The van der Waals surface area contributed by atoms with Crippen LogP contribution in [0, 0.1) is 17.8 Å². The van der Waals surface area contributed by atoms with E-state index in [4.69, 9.17) is 4.74 Å². The number of aliphatic hydroxyl groups is 1. The van der Waals surface area contributed by atoms with Gasteiger partial charge >= 0.3 is 0 Å². The predicted molar refractivity (Wildman–Crippen MR) is 69.9 cm³/mol. The predicted octanol–water partition coefficient (Wildman–Crippen LogP) is 3.38. The van der Waals surface area contributed by atoms with Crippen LogP contribution in [0.1, 0.15) is 58.8 Å². The van der Waals surface area contributed by atoms with Crippen LogP contribution in [-0.4, -0.2) is 23.9 Å². The van der Waals surface area contributed by atoms with Crippen molar-refractivity contribution in [3.63, 3.8) is 0 Å². The first kappa shape index (κ1) is 13.4. The summed E-state index contributed by atoms with van der Waals surface area (Å²) in [7, 11) is 1.75. The highest BCUT2D eigenvalue weighted by molar-refractivity contribution is 4.90. The van der Waals surface area contributed by atoms with E-state index in [2.05, 4.69) is 13.8 Å². The molecule has 2 aliphatic rings. The zero-order valence-corrected chi connectivity index (χ0v) is 11.6. The number of methoxy groups -OCH3 is 1. The second-order valence-corrected chi connectivity index (χ2v) is 6.83. The van der Waals surface area contributed by atoms with E-state index in [9.17, 15) is 5.11 Å². The molecule has 2 rings (SSSR count). The average Bonchev–Trinajstić information content (AvgIpc) is 2.88. The summed E-state index contributed by atoms with van der Waals surface area (Å²) in [4.78, 5) is 0. The summed E-state index contributed by atoms with van der Waals surface area (Å²) in [5, 5.41) is 10.1. The van der Waals surface area contributed by atoms with Crippen LogP contribution in [0.5, 0.6) is 0 Å². The van der Waals surface area contributed by atoms with E-state index < -0.39 is 0 Å².